The molecule has 0 saturated carbocycles. The molecular weight excluding hydrogens is 340 g/mol. The van der Waals surface area contributed by atoms with Crippen LogP contribution in [0.5, 0.6) is 5.75 Å². The van der Waals surface area contributed by atoms with Crippen molar-refractivity contribution in [2.75, 3.05) is 12.3 Å². The van der Waals surface area contributed by atoms with Gasteiger partial charge in [0, 0.05) is 12.7 Å². The normalized spacial score (nSPS) is 19.5. The van der Waals surface area contributed by atoms with E-state index in [0.717, 1.165) is 6.42 Å². The molecule has 0 N–H and O–H groups in total. The third-order valence-electron chi connectivity index (χ3n) is 4.35. The van der Waals surface area contributed by atoms with Crippen LogP contribution in [0.2, 0.25) is 0 Å². The van der Waals surface area contributed by atoms with E-state index in [1.54, 1.807) is 29.3 Å². The predicted molar refractivity (Wildman–Crippen MR) is 95.9 cm³/mol. The highest BCUT2D eigenvalue weighted by atomic mass is 32.2. The number of benzene rings is 1. The number of nitrogens with zero attached hydrogens (tertiary/aromatic N) is 2. The van der Waals surface area contributed by atoms with Gasteiger partial charge in [-0.05, 0) is 42.2 Å². The monoisotopic (exact) mass is 360 g/mol. The van der Waals surface area contributed by atoms with E-state index in [-0.39, 0.29) is 23.7 Å². The Labute approximate surface area is 147 Å². The maximum absolute atomic E-state index is 12.5. The highest BCUT2D eigenvalue weighted by Gasteiger charge is 2.30. The summed E-state index contributed by atoms with van der Waals surface area (Å²) in [7, 11) is -3.55. The fraction of sp³-hybridized carbons (Fsp3) is 0.333. The first-order valence-electron chi connectivity index (χ1n) is 8.20. The molecule has 1 atom stereocenters. The molecule has 25 heavy (non-hydrogen) atoms. The number of esters is 1. The van der Waals surface area contributed by atoms with Crippen molar-refractivity contribution in [3.8, 4) is 5.75 Å². The van der Waals surface area contributed by atoms with Gasteiger partial charge >= 0.3 is 5.97 Å². The SMILES string of the molecule is CC[C@@H](C)c1ccc(OC(=O)C2=CC=CN3CCS(=O)(=O)N=C23)cc1. The van der Waals surface area contributed by atoms with Crippen molar-refractivity contribution in [2.45, 2.75) is 26.2 Å². The van der Waals surface area contributed by atoms with Gasteiger partial charge in [-0.25, -0.2) is 13.2 Å². The standard InChI is InChI=1S/C18H20N2O4S/c1-3-13(2)14-6-8-15(9-7-14)24-18(21)16-5-4-10-20-11-12-25(22,23)19-17(16)20/h4-10,13H,3,11-12H2,1-2H3/t13-/m1/s1. The van der Waals surface area contributed by atoms with E-state index in [1.165, 1.54) is 11.6 Å². The van der Waals surface area contributed by atoms with Crippen molar-refractivity contribution in [3.63, 3.8) is 0 Å². The third kappa shape index (κ3) is 3.82. The molecule has 0 aromatic heterocycles. The minimum atomic E-state index is -3.55. The van der Waals surface area contributed by atoms with Gasteiger partial charge in [0.2, 0.25) is 0 Å². The Morgan fingerprint density at radius 2 is 2.04 bits per heavy atom. The Morgan fingerprint density at radius 1 is 1.32 bits per heavy atom. The lowest BCUT2D eigenvalue weighted by Crippen LogP contribution is -2.40. The molecule has 1 aromatic rings. The molecule has 6 nitrogen and oxygen atoms in total. The van der Waals surface area contributed by atoms with Gasteiger partial charge in [0.15, 0.2) is 5.84 Å². The molecule has 0 aliphatic carbocycles. The number of hydrogen-bond donors (Lipinski definition) is 0. The fourth-order valence-electron chi connectivity index (χ4n) is 2.64. The van der Waals surface area contributed by atoms with Crippen LogP contribution in [-0.2, 0) is 14.8 Å². The number of carbonyl (C=O) groups excluding carboxylic acids is 1. The number of hydrogen-bond acceptors (Lipinski definition) is 5. The second-order valence-corrected chi connectivity index (χ2v) is 7.84. The first-order valence-corrected chi connectivity index (χ1v) is 9.81. The van der Waals surface area contributed by atoms with Gasteiger partial charge in [-0.3, -0.25) is 0 Å². The average Bonchev–Trinajstić information content (AvgIpc) is 2.60. The van der Waals surface area contributed by atoms with E-state index in [2.05, 4.69) is 18.2 Å². The summed E-state index contributed by atoms with van der Waals surface area (Å²) in [6, 6.07) is 7.35. The molecule has 0 amide bonds. The Hall–Kier alpha value is -2.41. The minimum absolute atomic E-state index is 0.0692. The van der Waals surface area contributed by atoms with Crippen LogP contribution in [0.15, 0.2) is 52.6 Å². The molecule has 7 heteroatoms. The van der Waals surface area contributed by atoms with Crippen LogP contribution in [-0.4, -0.2) is 37.4 Å². The Morgan fingerprint density at radius 3 is 2.72 bits per heavy atom. The smallest absolute Gasteiger partial charge is 0.347 e. The number of rotatable bonds is 4. The van der Waals surface area contributed by atoms with Crippen molar-refractivity contribution in [3.05, 3.63) is 53.8 Å². The quantitative estimate of drug-likeness (QED) is 0.609. The molecule has 2 aliphatic heterocycles. The average molecular weight is 360 g/mol. The summed E-state index contributed by atoms with van der Waals surface area (Å²) in [4.78, 5) is 14.1. The third-order valence-corrected chi connectivity index (χ3v) is 5.50. The van der Waals surface area contributed by atoms with Crippen molar-refractivity contribution in [1.82, 2.24) is 4.90 Å². The van der Waals surface area contributed by atoms with E-state index in [1.807, 2.05) is 12.1 Å². The van der Waals surface area contributed by atoms with Crippen LogP contribution in [0.4, 0.5) is 0 Å². The maximum atomic E-state index is 12.5. The molecule has 3 rings (SSSR count). The molecule has 0 radical (unpaired) electrons. The summed E-state index contributed by atoms with van der Waals surface area (Å²) < 4.78 is 32.6. The first-order chi connectivity index (χ1) is 11.9. The van der Waals surface area contributed by atoms with Crippen LogP contribution in [0, 0.1) is 0 Å². The summed E-state index contributed by atoms with van der Waals surface area (Å²) in [6.45, 7) is 4.52. The zero-order valence-electron chi connectivity index (χ0n) is 14.2. The molecule has 2 heterocycles. The second-order valence-electron chi connectivity index (χ2n) is 6.08. The number of carbonyl (C=O) groups is 1. The maximum Gasteiger partial charge on any atom is 0.347 e. The van der Waals surface area contributed by atoms with Crippen LogP contribution in [0.3, 0.4) is 0 Å². The highest BCUT2D eigenvalue weighted by Crippen LogP contribution is 2.23. The van der Waals surface area contributed by atoms with Gasteiger partial charge in [0.1, 0.15) is 11.3 Å². The van der Waals surface area contributed by atoms with E-state index >= 15 is 0 Å². The predicted octanol–water partition coefficient (Wildman–Crippen LogP) is 2.60. The van der Waals surface area contributed by atoms with Crippen LogP contribution in [0.1, 0.15) is 31.7 Å². The second kappa shape index (κ2) is 6.84. The lowest BCUT2D eigenvalue weighted by molar-refractivity contribution is -0.129. The van der Waals surface area contributed by atoms with Crippen LogP contribution >= 0.6 is 0 Å². The molecule has 0 unspecified atom stereocenters. The summed E-state index contributed by atoms with van der Waals surface area (Å²) >= 11 is 0. The van der Waals surface area contributed by atoms with Crippen molar-refractivity contribution >= 4 is 21.8 Å². The van der Waals surface area contributed by atoms with Gasteiger partial charge in [-0.1, -0.05) is 26.0 Å². The molecule has 1 aromatic carbocycles. The largest absolute Gasteiger partial charge is 0.423 e. The number of allylic oxidation sites excluding steroid dienone is 2. The van der Waals surface area contributed by atoms with Gasteiger partial charge in [-0.2, -0.15) is 0 Å². The Balaban J connectivity index is 1.80. The molecule has 0 fully saturated rings. The summed E-state index contributed by atoms with van der Waals surface area (Å²) in [5.41, 5.74) is 1.31. The van der Waals surface area contributed by atoms with Gasteiger partial charge in [0.05, 0.1) is 5.75 Å². The van der Waals surface area contributed by atoms with E-state index in [9.17, 15) is 13.2 Å². The molecule has 0 saturated heterocycles. The molecule has 132 valence electrons. The topological polar surface area (TPSA) is 76.0 Å². The van der Waals surface area contributed by atoms with Gasteiger partial charge in [0.25, 0.3) is 10.0 Å². The first kappa shape index (κ1) is 17.4. The zero-order valence-corrected chi connectivity index (χ0v) is 15.0. The van der Waals surface area contributed by atoms with E-state index in [4.69, 9.17) is 4.74 Å². The zero-order chi connectivity index (χ0) is 18.0. The molecule has 0 spiro atoms. The minimum Gasteiger partial charge on any atom is -0.423 e. The van der Waals surface area contributed by atoms with Gasteiger partial charge < -0.3 is 9.64 Å². The number of ether oxygens (including phenoxy) is 1. The number of fused-ring (bicyclic) bond motifs is 1. The Kier molecular flexibility index (Phi) is 4.76. The highest BCUT2D eigenvalue weighted by molar-refractivity contribution is 7.90. The number of amidine groups is 1. The van der Waals surface area contributed by atoms with Crippen molar-refractivity contribution in [1.29, 1.82) is 0 Å². The van der Waals surface area contributed by atoms with E-state index in [0.29, 0.717) is 11.7 Å². The molecule has 2 aliphatic rings. The van der Waals surface area contributed by atoms with Crippen molar-refractivity contribution < 1.29 is 17.9 Å². The van der Waals surface area contributed by atoms with Crippen LogP contribution < -0.4 is 4.74 Å². The lowest BCUT2D eigenvalue weighted by Gasteiger charge is -2.28. The summed E-state index contributed by atoms with van der Waals surface area (Å²) in [5.74, 6) is 0.279. The summed E-state index contributed by atoms with van der Waals surface area (Å²) in [6.07, 6.45) is 5.93. The fourth-order valence-corrected chi connectivity index (χ4v) is 3.62. The Bertz CT molecular complexity index is 867. The van der Waals surface area contributed by atoms with Crippen LogP contribution in [0.25, 0.3) is 0 Å². The number of sulfonamides is 1. The van der Waals surface area contributed by atoms with Gasteiger partial charge in [-0.15, -0.1) is 4.40 Å². The molecule has 0 bridgehead atoms. The van der Waals surface area contributed by atoms with Crippen molar-refractivity contribution in [2.24, 2.45) is 4.40 Å². The molecular formula is C18H20N2O4S. The summed E-state index contributed by atoms with van der Waals surface area (Å²) in [5, 5.41) is 0. The van der Waals surface area contributed by atoms with E-state index < -0.39 is 16.0 Å². The lowest BCUT2D eigenvalue weighted by atomic mass is 9.99.